The zero-order valence-corrected chi connectivity index (χ0v) is 57.2. The molecule has 0 aromatic carbocycles. The van der Waals surface area contributed by atoms with E-state index in [0.29, 0.717) is 17.4 Å². The minimum absolute atomic E-state index is 0.135. The van der Waals surface area contributed by atoms with Crippen LogP contribution in [0.25, 0.3) is 0 Å². The molecule has 0 aromatic rings. The van der Waals surface area contributed by atoms with Gasteiger partial charge in [-0.05, 0) is 128 Å². The maximum atomic E-state index is 12.9. The summed E-state index contributed by atoms with van der Waals surface area (Å²) in [6.07, 6.45) is 100.0. The van der Waals surface area contributed by atoms with Gasteiger partial charge in [-0.2, -0.15) is 0 Å². The number of aliphatic carboxylic acids is 1. The number of carbonyl (C=O) groups is 3. The van der Waals surface area contributed by atoms with Crippen molar-refractivity contribution in [2.24, 2.45) is 0 Å². The van der Waals surface area contributed by atoms with Gasteiger partial charge in [-0.25, -0.2) is 0 Å². The van der Waals surface area contributed by atoms with E-state index in [1.165, 1.54) is 83.5 Å². The lowest BCUT2D eigenvalue weighted by Crippen LogP contribution is -2.44. The van der Waals surface area contributed by atoms with Gasteiger partial charge in [0, 0.05) is 12.8 Å². The van der Waals surface area contributed by atoms with Crippen molar-refractivity contribution < 1.29 is 42.9 Å². The largest absolute Gasteiger partial charge is 0.545 e. The van der Waals surface area contributed by atoms with E-state index < -0.39 is 24.3 Å². The van der Waals surface area contributed by atoms with Gasteiger partial charge in [-0.3, -0.25) is 9.59 Å². The van der Waals surface area contributed by atoms with E-state index in [1.54, 1.807) is 0 Å². The van der Waals surface area contributed by atoms with Crippen molar-refractivity contribution in [3.63, 3.8) is 0 Å². The molecule has 0 N–H and O–H groups in total. The van der Waals surface area contributed by atoms with E-state index in [2.05, 4.69) is 184 Å². The number of hydrogen-bond acceptors (Lipinski definition) is 8. The highest BCUT2D eigenvalue weighted by molar-refractivity contribution is 5.70. The first kappa shape index (κ1) is 83.7. The lowest BCUT2D eigenvalue weighted by Gasteiger charge is -2.26. The van der Waals surface area contributed by atoms with Gasteiger partial charge >= 0.3 is 11.9 Å². The maximum Gasteiger partial charge on any atom is 0.306 e. The van der Waals surface area contributed by atoms with Crippen LogP contribution in [0.3, 0.4) is 0 Å². The quantitative estimate of drug-likeness (QED) is 0.0195. The Labute approximate surface area is 546 Å². The van der Waals surface area contributed by atoms with Gasteiger partial charge in [0.15, 0.2) is 12.4 Å². The van der Waals surface area contributed by atoms with Crippen LogP contribution >= 0.6 is 0 Å². The Hall–Kier alpha value is -5.35. The molecule has 0 saturated heterocycles. The van der Waals surface area contributed by atoms with Crippen molar-refractivity contribution >= 4 is 17.9 Å². The van der Waals surface area contributed by atoms with Crippen LogP contribution in [-0.4, -0.2) is 82.3 Å². The number of rotatable bonds is 63. The molecule has 2 unspecified atom stereocenters. The summed E-state index contributed by atoms with van der Waals surface area (Å²) in [5.41, 5.74) is 0. The van der Waals surface area contributed by atoms with Gasteiger partial charge in [0.2, 0.25) is 0 Å². The van der Waals surface area contributed by atoms with E-state index in [4.69, 9.17) is 18.9 Å². The Morgan fingerprint density at radius 3 is 0.899 bits per heavy atom. The van der Waals surface area contributed by atoms with E-state index in [-0.39, 0.29) is 38.6 Å². The average Bonchev–Trinajstić information content (AvgIpc) is 3.64. The van der Waals surface area contributed by atoms with E-state index in [0.717, 1.165) is 141 Å². The summed E-state index contributed by atoms with van der Waals surface area (Å²) >= 11 is 0. The zero-order valence-electron chi connectivity index (χ0n) is 57.2. The highest BCUT2D eigenvalue weighted by atomic mass is 16.7. The number of quaternary nitrogens is 1. The number of carboxylic acids is 1. The van der Waals surface area contributed by atoms with Crippen molar-refractivity contribution in [1.82, 2.24) is 0 Å². The third-order valence-electron chi connectivity index (χ3n) is 14.5. The number of ether oxygens (including phenoxy) is 4. The van der Waals surface area contributed by atoms with Crippen LogP contribution in [0.4, 0.5) is 0 Å². The molecule has 0 aromatic heterocycles. The fraction of sp³-hybridized carbons (Fsp3) is 0.613. The molecule has 0 saturated carbocycles. The summed E-state index contributed by atoms with van der Waals surface area (Å²) in [7, 11) is 5.91. The van der Waals surface area contributed by atoms with Crippen molar-refractivity contribution in [1.29, 1.82) is 0 Å². The van der Waals surface area contributed by atoms with Crippen LogP contribution in [0.1, 0.15) is 258 Å². The molecule has 0 aliphatic heterocycles. The van der Waals surface area contributed by atoms with Crippen LogP contribution in [0.5, 0.6) is 0 Å². The zero-order chi connectivity index (χ0) is 64.7. The number of carboxylic acid groups (broad SMARTS) is 1. The summed E-state index contributed by atoms with van der Waals surface area (Å²) < 4.78 is 22.8. The number of allylic oxidation sites excluding steroid dienone is 28. The minimum Gasteiger partial charge on any atom is -0.545 e. The van der Waals surface area contributed by atoms with Gasteiger partial charge in [0.05, 0.1) is 40.3 Å². The summed E-state index contributed by atoms with van der Waals surface area (Å²) in [6.45, 7) is 4.49. The second-order valence-electron chi connectivity index (χ2n) is 24.1. The molecule has 0 heterocycles. The second-order valence-corrected chi connectivity index (χ2v) is 24.1. The van der Waals surface area contributed by atoms with E-state index >= 15 is 0 Å². The number of likely N-dealkylation sites (N-methyl/N-ethyl adjacent to an activating group) is 1. The number of unbranched alkanes of at least 4 members (excludes halogenated alkanes) is 20. The lowest BCUT2D eigenvalue weighted by molar-refractivity contribution is -0.870. The average molecular weight is 1230 g/mol. The monoisotopic (exact) mass is 1230 g/mol. The first-order valence-corrected chi connectivity index (χ1v) is 35.3. The summed E-state index contributed by atoms with van der Waals surface area (Å²) in [5.74, 6) is -2.32. The molecule has 0 rings (SSSR count). The number of nitrogens with zero attached hydrogens (tertiary/aromatic N) is 1. The number of hydrogen-bond donors (Lipinski definition) is 0. The van der Waals surface area contributed by atoms with Crippen LogP contribution in [0, 0.1) is 0 Å². The molecule has 502 valence electrons. The Morgan fingerprint density at radius 1 is 0.337 bits per heavy atom. The number of esters is 2. The second kappa shape index (κ2) is 68.6. The smallest absolute Gasteiger partial charge is 0.306 e. The Balaban J connectivity index is 4.22. The van der Waals surface area contributed by atoms with Gasteiger partial charge < -0.3 is 33.3 Å². The van der Waals surface area contributed by atoms with E-state index in [9.17, 15) is 19.5 Å². The predicted molar refractivity (Wildman–Crippen MR) is 379 cm³/mol. The summed E-state index contributed by atoms with van der Waals surface area (Å²) in [6, 6.07) is 0. The van der Waals surface area contributed by atoms with Crippen LogP contribution < -0.4 is 5.11 Å². The summed E-state index contributed by atoms with van der Waals surface area (Å²) in [5, 5.41) is 11.8. The predicted octanol–water partition coefficient (Wildman–Crippen LogP) is 20.9. The van der Waals surface area contributed by atoms with Gasteiger partial charge in [-0.1, -0.05) is 287 Å². The lowest BCUT2D eigenvalue weighted by atomic mass is 10.0. The first-order chi connectivity index (χ1) is 43.6. The SMILES string of the molecule is CC/C=C\C/C=C\C/C=C\C/C=C\C/C=C\C/C=C\C/C=C\C/C=C\C/C=C\CCCCCCCC(=O)OC(COC(=O)CCCCCCCCCCCCCCCCC/C=C\C/C=C\C/C=C\C/C=C\C/C=C\CC)COC(OCC[N+](C)(C)C)C(=O)[O-]. The third kappa shape index (κ3) is 70.0. The molecule has 0 amide bonds. The van der Waals surface area contributed by atoms with Gasteiger partial charge in [0.25, 0.3) is 0 Å². The fourth-order valence-corrected chi connectivity index (χ4v) is 9.14. The topological polar surface area (TPSA) is 111 Å². The molecule has 0 aliphatic carbocycles. The van der Waals surface area contributed by atoms with Gasteiger partial charge in [0.1, 0.15) is 13.2 Å². The Morgan fingerprint density at radius 2 is 0.607 bits per heavy atom. The van der Waals surface area contributed by atoms with Crippen LogP contribution in [0.15, 0.2) is 170 Å². The fourth-order valence-electron chi connectivity index (χ4n) is 9.14. The van der Waals surface area contributed by atoms with Crippen molar-refractivity contribution in [2.45, 2.75) is 270 Å². The van der Waals surface area contributed by atoms with Gasteiger partial charge in [-0.15, -0.1) is 0 Å². The molecule has 0 radical (unpaired) electrons. The normalized spacial score (nSPS) is 13.8. The molecule has 0 fully saturated rings. The Bertz CT molecular complexity index is 2070. The van der Waals surface area contributed by atoms with E-state index in [1.807, 2.05) is 21.1 Å². The maximum absolute atomic E-state index is 12.9. The number of carbonyl (C=O) groups excluding carboxylic acids is 3. The highest BCUT2D eigenvalue weighted by Gasteiger charge is 2.22. The molecule has 0 aliphatic rings. The molecule has 0 bridgehead atoms. The van der Waals surface area contributed by atoms with Crippen molar-refractivity contribution in [3.05, 3.63) is 170 Å². The minimum atomic E-state index is -1.64. The molecule has 89 heavy (non-hydrogen) atoms. The molecular formula is C80H129NO8. The third-order valence-corrected chi connectivity index (χ3v) is 14.5. The van der Waals surface area contributed by atoms with Crippen LogP contribution in [0.2, 0.25) is 0 Å². The highest BCUT2D eigenvalue weighted by Crippen LogP contribution is 2.16. The molecular weight excluding hydrogens is 1100 g/mol. The van der Waals surface area contributed by atoms with Crippen molar-refractivity contribution in [2.75, 3.05) is 47.5 Å². The standard InChI is InChI=1S/C80H129NO8/c1-6-8-10-12-14-16-18-20-22-24-26-28-30-32-34-36-38-39-41-43-45-47-49-51-53-55-57-59-61-63-65-67-69-71-78(83)89-76(75-88-80(79(84)85)86-73-72-81(3,4)5)74-87-77(82)70-68-66-64-62-60-58-56-54-52-50-48-46-44-42-40-37-35-33-31-29-27-25-23-21-19-17-15-13-11-9-7-2/h8-11,14-17,20-23,26-29,32-35,38-39,43,45,49,51,55,57,76,80H,6-7,12-13,18-19,24-25,30-31,36-37,40-42,44,46-48,50,52-54,56,58-75H2,1-5H3/b10-8-,11-9-,16-14-,17-15-,22-20-,23-21-,28-26-,29-27-,34-32-,35-33-,39-38-,45-43-,51-49-,57-55-. The molecule has 9 nitrogen and oxygen atoms in total. The first-order valence-electron chi connectivity index (χ1n) is 35.3. The Kier molecular flexibility index (Phi) is 64.4. The molecule has 0 spiro atoms. The van der Waals surface area contributed by atoms with Crippen LogP contribution in [-0.2, 0) is 33.3 Å². The van der Waals surface area contributed by atoms with Crippen molar-refractivity contribution in [3.8, 4) is 0 Å². The molecule has 2 atom stereocenters. The molecule has 9 heteroatoms. The summed E-state index contributed by atoms with van der Waals surface area (Å²) in [4.78, 5) is 37.5.